The van der Waals surface area contributed by atoms with E-state index in [1.54, 1.807) is 0 Å². The number of rotatable bonds is 4. The average molecular weight is 316 g/mol. The monoisotopic (exact) mass is 315 g/mol. The van der Waals surface area contributed by atoms with Crippen LogP contribution in [0.4, 0.5) is 0 Å². The van der Waals surface area contributed by atoms with E-state index in [0.717, 1.165) is 17.3 Å². The first-order valence-electron chi connectivity index (χ1n) is 6.80. The van der Waals surface area contributed by atoms with Crippen LogP contribution in [0.1, 0.15) is 29.0 Å². The summed E-state index contributed by atoms with van der Waals surface area (Å²) in [7, 11) is 0. The molecule has 2 atom stereocenters. The molecule has 2 heteroatoms. The van der Waals surface area contributed by atoms with Gasteiger partial charge < -0.3 is 5.73 Å². The van der Waals surface area contributed by atoms with Crippen molar-refractivity contribution in [3.05, 3.63) is 69.7 Å². The van der Waals surface area contributed by atoms with E-state index in [9.17, 15) is 0 Å². The highest BCUT2D eigenvalue weighted by atomic mass is 79.9. The van der Waals surface area contributed by atoms with E-state index in [4.69, 9.17) is 5.73 Å². The van der Waals surface area contributed by atoms with Gasteiger partial charge in [-0.3, -0.25) is 0 Å². The molecule has 98 valence electrons. The SMILES string of the molecule is NC(Cc1ccc(Br)cc1)CC1Cc2ccccc21. The van der Waals surface area contributed by atoms with Crippen LogP contribution in [-0.2, 0) is 12.8 Å². The van der Waals surface area contributed by atoms with Gasteiger partial charge in [-0.15, -0.1) is 0 Å². The Labute approximate surface area is 123 Å². The van der Waals surface area contributed by atoms with E-state index in [-0.39, 0.29) is 6.04 Å². The van der Waals surface area contributed by atoms with Gasteiger partial charge in [0, 0.05) is 10.5 Å². The zero-order valence-electron chi connectivity index (χ0n) is 10.9. The molecule has 0 amide bonds. The molecule has 0 aromatic heterocycles. The molecule has 0 spiro atoms. The zero-order valence-corrected chi connectivity index (χ0v) is 12.4. The Morgan fingerprint density at radius 3 is 2.58 bits per heavy atom. The van der Waals surface area contributed by atoms with Crippen LogP contribution in [0.3, 0.4) is 0 Å². The van der Waals surface area contributed by atoms with Crippen molar-refractivity contribution in [1.29, 1.82) is 0 Å². The Hall–Kier alpha value is -1.12. The van der Waals surface area contributed by atoms with E-state index >= 15 is 0 Å². The lowest BCUT2D eigenvalue weighted by Gasteiger charge is -2.32. The molecule has 0 saturated heterocycles. The van der Waals surface area contributed by atoms with Crippen molar-refractivity contribution >= 4 is 15.9 Å². The average Bonchev–Trinajstić information content (AvgIpc) is 2.39. The molecule has 0 fully saturated rings. The standard InChI is InChI=1S/C17H18BrN/c18-15-7-5-12(6-8-15)9-16(19)11-14-10-13-3-1-2-4-17(13)14/h1-8,14,16H,9-11,19H2. The lowest BCUT2D eigenvalue weighted by molar-refractivity contribution is 0.484. The highest BCUT2D eigenvalue weighted by Crippen LogP contribution is 2.37. The first-order chi connectivity index (χ1) is 9.22. The molecule has 1 aliphatic rings. The van der Waals surface area contributed by atoms with Crippen LogP contribution in [0.5, 0.6) is 0 Å². The van der Waals surface area contributed by atoms with Gasteiger partial charge in [-0.2, -0.15) is 0 Å². The van der Waals surface area contributed by atoms with Gasteiger partial charge in [0.1, 0.15) is 0 Å². The molecule has 0 radical (unpaired) electrons. The molecular formula is C17H18BrN. The van der Waals surface area contributed by atoms with Crippen LogP contribution in [0.2, 0.25) is 0 Å². The van der Waals surface area contributed by atoms with Crippen molar-refractivity contribution in [2.75, 3.05) is 0 Å². The third-order valence-corrected chi connectivity index (χ3v) is 4.49. The van der Waals surface area contributed by atoms with Gasteiger partial charge in [-0.05, 0) is 54.0 Å². The van der Waals surface area contributed by atoms with Gasteiger partial charge in [0.05, 0.1) is 0 Å². The molecule has 1 aliphatic carbocycles. The summed E-state index contributed by atoms with van der Waals surface area (Å²) in [5, 5.41) is 0. The number of fused-ring (bicyclic) bond motifs is 1. The summed E-state index contributed by atoms with van der Waals surface area (Å²) >= 11 is 3.46. The van der Waals surface area contributed by atoms with E-state index in [1.165, 1.54) is 23.1 Å². The third kappa shape index (κ3) is 2.90. The van der Waals surface area contributed by atoms with Gasteiger partial charge in [0.15, 0.2) is 0 Å². The summed E-state index contributed by atoms with van der Waals surface area (Å²) in [4.78, 5) is 0. The third-order valence-electron chi connectivity index (χ3n) is 3.96. The molecule has 0 bridgehead atoms. The predicted octanol–water partition coefficient (Wildman–Crippen LogP) is 4.05. The molecule has 2 unspecified atom stereocenters. The number of nitrogens with two attached hydrogens (primary N) is 1. The van der Waals surface area contributed by atoms with E-state index < -0.39 is 0 Å². The van der Waals surface area contributed by atoms with Crippen molar-refractivity contribution in [2.24, 2.45) is 5.73 Å². The summed E-state index contributed by atoms with van der Waals surface area (Å²) < 4.78 is 1.12. The molecule has 2 aromatic rings. The lowest BCUT2D eigenvalue weighted by atomic mass is 9.74. The van der Waals surface area contributed by atoms with Crippen molar-refractivity contribution in [3.63, 3.8) is 0 Å². The maximum atomic E-state index is 6.30. The van der Waals surface area contributed by atoms with Crippen LogP contribution >= 0.6 is 15.9 Å². The van der Waals surface area contributed by atoms with E-state index in [1.807, 2.05) is 0 Å². The second-order valence-electron chi connectivity index (χ2n) is 5.43. The summed E-state index contributed by atoms with van der Waals surface area (Å²) in [5.41, 5.74) is 10.6. The summed E-state index contributed by atoms with van der Waals surface area (Å²) in [6, 6.07) is 17.4. The minimum atomic E-state index is 0.250. The predicted molar refractivity (Wildman–Crippen MR) is 83.3 cm³/mol. The first-order valence-corrected chi connectivity index (χ1v) is 7.59. The van der Waals surface area contributed by atoms with Crippen molar-refractivity contribution in [2.45, 2.75) is 31.2 Å². The zero-order chi connectivity index (χ0) is 13.2. The minimum Gasteiger partial charge on any atom is -0.327 e. The van der Waals surface area contributed by atoms with Crippen LogP contribution in [0.25, 0.3) is 0 Å². The lowest BCUT2D eigenvalue weighted by Crippen LogP contribution is -2.29. The molecule has 1 nitrogen and oxygen atoms in total. The second kappa shape index (κ2) is 5.48. The van der Waals surface area contributed by atoms with Crippen LogP contribution < -0.4 is 5.73 Å². The highest BCUT2D eigenvalue weighted by Gasteiger charge is 2.26. The van der Waals surface area contributed by atoms with Crippen LogP contribution in [-0.4, -0.2) is 6.04 Å². The molecule has 0 saturated carbocycles. The van der Waals surface area contributed by atoms with Gasteiger partial charge in [-0.1, -0.05) is 52.3 Å². The molecule has 19 heavy (non-hydrogen) atoms. The Morgan fingerprint density at radius 1 is 1.11 bits per heavy atom. The molecule has 3 rings (SSSR count). The topological polar surface area (TPSA) is 26.0 Å². The first kappa shape index (κ1) is 12.9. The van der Waals surface area contributed by atoms with E-state index in [2.05, 4.69) is 64.5 Å². The van der Waals surface area contributed by atoms with Crippen molar-refractivity contribution in [1.82, 2.24) is 0 Å². The summed E-state index contributed by atoms with van der Waals surface area (Å²) in [6.07, 6.45) is 3.25. The largest absolute Gasteiger partial charge is 0.327 e. The van der Waals surface area contributed by atoms with Gasteiger partial charge in [-0.25, -0.2) is 0 Å². The van der Waals surface area contributed by atoms with E-state index in [0.29, 0.717) is 5.92 Å². The Kier molecular flexibility index (Phi) is 3.72. The molecule has 0 heterocycles. The minimum absolute atomic E-state index is 0.250. The maximum absolute atomic E-state index is 6.30. The molecule has 2 N–H and O–H groups in total. The van der Waals surface area contributed by atoms with Crippen LogP contribution in [0.15, 0.2) is 53.0 Å². The molecule has 0 aliphatic heterocycles. The van der Waals surface area contributed by atoms with Gasteiger partial charge in [0.2, 0.25) is 0 Å². The fourth-order valence-electron chi connectivity index (χ4n) is 2.95. The van der Waals surface area contributed by atoms with Gasteiger partial charge >= 0.3 is 0 Å². The quantitative estimate of drug-likeness (QED) is 0.905. The second-order valence-corrected chi connectivity index (χ2v) is 6.34. The number of benzene rings is 2. The summed E-state index contributed by atoms with van der Waals surface area (Å²) in [6.45, 7) is 0. The molecule has 2 aromatic carbocycles. The summed E-state index contributed by atoms with van der Waals surface area (Å²) in [5.74, 6) is 0.668. The van der Waals surface area contributed by atoms with Crippen LogP contribution in [0, 0.1) is 0 Å². The van der Waals surface area contributed by atoms with Crippen molar-refractivity contribution in [3.8, 4) is 0 Å². The number of hydrogen-bond donors (Lipinski definition) is 1. The number of hydrogen-bond acceptors (Lipinski definition) is 1. The Bertz CT molecular complexity index is 562. The number of halogens is 1. The fraction of sp³-hybridized carbons (Fsp3) is 0.294. The normalized spacial score (nSPS) is 18.5. The molecular weight excluding hydrogens is 298 g/mol. The fourth-order valence-corrected chi connectivity index (χ4v) is 3.21. The smallest absolute Gasteiger partial charge is 0.0175 e. The van der Waals surface area contributed by atoms with Gasteiger partial charge in [0.25, 0.3) is 0 Å². The van der Waals surface area contributed by atoms with Crippen molar-refractivity contribution < 1.29 is 0 Å². The Morgan fingerprint density at radius 2 is 1.84 bits per heavy atom. The Balaban J connectivity index is 1.58. The highest BCUT2D eigenvalue weighted by molar-refractivity contribution is 9.10. The maximum Gasteiger partial charge on any atom is 0.0175 e.